The molecule has 1 aliphatic rings. The van der Waals surface area contributed by atoms with Gasteiger partial charge in [0.1, 0.15) is 0 Å². The number of hydrogen-bond acceptors (Lipinski definition) is 6. The highest BCUT2D eigenvalue weighted by Crippen LogP contribution is 2.42. The Morgan fingerprint density at radius 2 is 1.89 bits per heavy atom. The van der Waals surface area contributed by atoms with E-state index in [0.717, 1.165) is 10.0 Å². The number of aromatic hydroxyl groups is 1. The summed E-state index contributed by atoms with van der Waals surface area (Å²) in [6, 6.07) is 8.56. The molecule has 1 N–H and O–H groups in total. The monoisotopic (exact) mass is 447 g/mol. The smallest absolute Gasteiger partial charge is 0.305 e. The summed E-state index contributed by atoms with van der Waals surface area (Å²) in [5.41, 5.74) is 0.939. The minimum atomic E-state index is -1.38. The van der Waals surface area contributed by atoms with Gasteiger partial charge in [-0.15, -0.1) is 0 Å². The molecule has 8 heteroatoms. The first kappa shape index (κ1) is 20.4. The fourth-order valence-corrected chi connectivity index (χ4v) is 3.40. The average Bonchev–Trinajstić information content (AvgIpc) is 2.95. The van der Waals surface area contributed by atoms with Crippen molar-refractivity contribution in [2.24, 2.45) is 10.2 Å². The van der Waals surface area contributed by atoms with Crippen LogP contribution in [0.15, 0.2) is 45.0 Å². The average molecular weight is 448 g/mol. The zero-order valence-electron chi connectivity index (χ0n) is 16.2. The molecule has 28 heavy (non-hydrogen) atoms. The van der Waals surface area contributed by atoms with Gasteiger partial charge in [0.05, 0.1) is 7.11 Å². The van der Waals surface area contributed by atoms with E-state index >= 15 is 0 Å². The Balaban J connectivity index is 2.15. The van der Waals surface area contributed by atoms with Gasteiger partial charge in [-0.1, -0.05) is 47.6 Å². The molecule has 0 bridgehead atoms. The van der Waals surface area contributed by atoms with Crippen molar-refractivity contribution < 1.29 is 14.6 Å². The second-order valence-electron chi connectivity index (χ2n) is 7.71. The van der Waals surface area contributed by atoms with E-state index in [-0.39, 0.29) is 23.8 Å². The lowest BCUT2D eigenvalue weighted by atomic mass is 9.84. The third-order valence-electron chi connectivity index (χ3n) is 4.54. The summed E-state index contributed by atoms with van der Waals surface area (Å²) < 4.78 is 5.48. The molecule has 148 valence electrons. The van der Waals surface area contributed by atoms with Gasteiger partial charge in [-0.05, 0) is 45.8 Å². The summed E-state index contributed by atoms with van der Waals surface area (Å²) >= 11 is 3.36. The number of halogens is 1. The number of carbonyl (C=O) groups is 1. The van der Waals surface area contributed by atoms with E-state index in [1.165, 1.54) is 7.11 Å². The molecule has 2 aromatic rings. The van der Waals surface area contributed by atoms with Crippen LogP contribution in [0.5, 0.6) is 5.75 Å². The van der Waals surface area contributed by atoms with Gasteiger partial charge in [0.15, 0.2) is 16.5 Å². The molecule has 0 saturated carbocycles. The number of nitrogens with zero attached hydrogens (tertiary/aromatic N) is 3. The van der Waals surface area contributed by atoms with Crippen molar-refractivity contribution >= 4 is 27.6 Å². The van der Waals surface area contributed by atoms with E-state index in [1.54, 1.807) is 24.3 Å². The SMILES string of the molecule is COC(=O)CCc1cc(C(C)(C)C)c(O)c([N+]2([O-])N=c3ccc(Br)cc3=N2)c1. The summed E-state index contributed by atoms with van der Waals surface area (Å²) in [6.45, 7) is 5.82. The Hall–Kier alpha value is -2.29. The van der Waals surface area contributed by atoms with Crippen LogP contribution < -0.4 is 15.6 Å². The molecule has 0 fully saturated rings. The molecule has 1 atom stereocenters. The van der Waals surface area contributed by atoms with Crippen molar-refractivity contribution in [2.75, 3.05) is 7.11 Å². The third kappa shape index (κ3) is 3.94. The Labute approximate surface area is 171 Å². The van der Waals surface area contributed by atoms with Crippen molar-refractivity contribution in [3.63, 3.8) is 0 Å². The van der Waals surface area contributed by atoms with Gasteiger partial charge in [0.2, 0.25) is 5.69 Å². The van der Waals surface area contributed by atoms with Crippen LogP contribution in [0.1, 0.15) is 38.3 Å². The predicted octanol–water partition coefficient (Wildman–Crippen LogP) is 3.15. The van der Waals surface area contributed by atoms with Gasteiger partial charge in [-0.25, -0.2) is 0 Å². The highest BCUT2D eigenvalue weighted by Gasteiger charge is 2.33. The second-order valence-corrected chi connectivity index (χ2v) is 8.63. The maximum absolute atomic E-state index is 13.5. The van der Waals surface area contributed by atoms with E-state index in [2.05, 4.69) is 26.1 Å². The van der Waals surface area contributed by atoms with Crippen LogP contribution >= 0.6 is 15.9 Å². The number of methoxy groups -OCH3 is 1. The Kier molecular flexibility index (Phi) is 5.31. The summed E-state index contributed by atoms with van der Waals surface area (Å²) in [6.07, 6.45) is 0.548. The van der Waals surface area contributed by atoms with Gasteiger partial charge in [-0.2, -0.15) is 0 Å². The number of aryl methyl sites for hydroxylation is 1. The third-order valence-corrected chi connectivity index (χ3v) is 5.03. The predicted molar refractivity (Wildman–Crippen MR) is 109 cm³/mol. The standard InChI is InChI=1S/C20H22BrN3O4/c1-20(2,3)14-9-12(5-8-18(25)28-4)10-17(19(14)26)24(27)22-15-7-6-13(21)11-16(15)23-24/h6-7,9-11,26H,5,8H2,1-4H3. The summed E-state index contributed by atoms with van der Waals surface area (Å²) in [5, 5.41) is 33.6. The number of carbonyl (C=O) groups excluding carboxylic acids is 1. The molecular weight excluding hydrogens is 426 g/mol. The Morgan fingerprint density at radius 3 is 2.54 bits per heavy atom. The molecule has 0 aliphatic carbocycles. The lowest BCUT2D eigenvalue weighted by molar-refractivity contribution is -0.140. The number of benzene rings is 2. The molecule has 3 rings (SSSR count). The fraction of sp³-hybridized carbons (Fsp3) is 0.350. The second kappa shape index (κ2) is 7.27. The molecule has 1 unspecified atom stereocenters. The number of esters is 1. The zero-order chi connectivity index (χ0) is 20.7. The molecule has 0 radical (unpaired) electrons. The van der Waals surface area contributed by atoms with E-state index < -0.39 is 10.3 Å². The van der Waals surface area contributed by atoms with E-state index in [1.807, 2.05) is 26.8 Å². The quantitative estimate of drug-likeness (QED) is 0.442. The first-order chi connectivity index (χ1) is 13.0. The molecule has 1 heterocycles. The van der Waals surface area contributed by atoms with Crippen molar-refractivity contribution in [2.45, 2.75) is 39.0 Å². The Bertz CT molecular complexity index is 1060. The number of quaternary nitrogens is 1. The van der Waals surface area contributed by atoms with Crippen LogP contribution in [-0.4, -0.2) is 18.2 Å². The maximum atomic E-state index is 13.5. The lowest BCUT2D eigenvalue weighted by Crippen LogP contribution is -2.30. The molecule has 0 saturated heterocycles. The van der Waals surface area contributed by atoms with E-state index in [4.69, 9.17) is 4.74 Å². The Morgan fingerprint density at radius 1 is 1.21 bits per heavy atom. The molecule has 0 amide bonds. The summed E-state index contributed by atoms with van der Waals surface area (Å²) in [4.78, 5) is 10.2. The van der Waals surface area contributed by atoms with Crippen molar-refractivity contribution in [3.8, 4) is 5.75 Å². The molecule has 2 aromatic carbocycles. The highest BCUT2D eigenvalue weighted by atomic mass is 79.9. The molecule has 0 spiro atoms. The normalized spacial score (nSPS) is 18.2. The maximum Gasteiger partial charge on any atom is 0.305 e. The van der Waals surface area contributed by atoms with Gasteiger partial charge in [-0.3, -0.25) is 4.79 Å². The van der Waals surface area contributed by atoms with Gasteiger partial charge in [0, 0.05) is 22.5 Å². The molecule has 1 aliphatic heterocycles. The largest absolute Gasteiger partial charge is 0.572 e. The summed E-state index contributed by atoms with van der Waals surface area (Å²) in [7, 11) is 1.33. The number of ether oxygens (including phenoxy) is 1. The lowest BCUT2D eigenvalue weighted by Gasteiger charge is -2.29. The van der Waals surface area contributed by atoms with Crippen LogP contribution in [0.3, 0.4) is 0 Å². The van der Waals surface area contributed by atoms with Crippen LogP contribution in [-0.2, 0) is 21.4 Å². The molecule has 7 nitrogen and oxygen atoms in total. The van der Waals surface area contributed by atoms with Crippen molar-refractivity contribution in [1.82, 2.24) is 4.86 Å². The van der Waals surface area contributed by atoms with E-state index in [9.17, 15) is 15.1 Å². The summed E-state index contributed by atoms with van der Waals surface area (Å²) in [5.74, 6) is -0.477. The minimum Gasteiger partial charge on any atom is -0.572 e. The number of phenols is 1. The minimum absolute atomic E-state index is 0.0274. The first-order valence-corrected chi connectivity index (χ1v) is 9.63. The number of fused-ring (bicyclic) bond motifs is 1. The van der Waals surface area contributed by atoms with E-state index in [0.29, 0.717) is 22.7 Å². The number of hydrogen-bond donors (Lipinski definition) is 1. The van der Waals surface area contributed by atoms with Crippen molar-refractivity contribution in [3.05, 3.63) is 61.9 Å². The topological polar surface area (TPSA) is 94.3 Å². The number of rotatable bonds is 4. The van der Waals surface area contributed by atoms with Crippen LogP contribution in [0, 0.1) is 5.21 Å². The first-order valence-electron chi connectivity index (χ1n) is 8.83. The van der Waals surface area contributed by atoms with Gasteiger partial charge < -0.3 is 15.1 Å². The molecular formula is C20H22BrN3O4. The zero-order valence-corrected chi connectivity index (χ0v) is 17.8. The van der Waals surface area contributed by atoms with Crippen molar-refractivity contribution in [1.29, 1.82) is 0 Å². The van der Waals surface area contributed by atoms with Crippen LogP contribution in [0.25, 0.3) is 0 Å². The highest BCUT2D eigenvalue weighted by molar-refractivity contribution is 9.10. The van der Waals surface area contributed by atoms with Gasteiger partial charge in [0.25, 0.3) is 0 Å². The number of phenolic OH excluding ortho intramolecular Hbond substituents is 1. The fourth-order valence-electron chi connectivity index (χ4n) is 3.05. The van der Waals surface area contributed by atoms with Crippen LogP contribution in [0.4, 0.5) is 5.69 Å². The van der Waals surface area contributed by atoms with Gasteiger partial charge >= 0.3 is 5.97 Å². The van der Waals surface area contributed by atoms with Crippen LogP contribution in [0.2, 0.25) is 0 Å². The molecule has 0 aromatic heterocycles.